The second-order valence-electron chi connectivity index (χ2n) is 6.90. The minimum absolute atomic E-state index is 0.628. The van der Waals surface area contributed by atoms with Crippen molar-refractivity contribution in [1.82, 2.24) is 0 Å². The first-order valence-electron chi connectivity index (χ1n) is 8.23. The van der Waals surface area contributed by atoms with Crippen LogP contribution in [0, 0.1) is 28.3 Å². The fraction of sp³-hybridized carbons (Fsp3) is 0.368. The van der Waals surface area contributed by atoms with Gasteiger partial charge < -0.3 is 0 Å². The average Bonchev–Trinajstić information content (AvgIpc) is 2.59. The summed E-state index contributed by atoms with van der Waals surface area (Å²) in [6.45, 7) is 9.62. The van der Waals surface area contributed by atoms with Crippen LogP contribution in [0.5, 0.6) is 0 Å². The molecule has 27 heavy (non-hydrogen) atoms. The third-order valence-electron chi connectivity index (χ3n) is 4.43. The van der Waals surface area contributed by atoms with Gasteiger partial charge in [0.1, 0.15) is 0 Å². The molecule has 0 amide bonds. The van der Waals surface area contributed by atoms with Gasteiger partial charge >= 0.3 is 251 Å². The average molecular weight is 1720 g/mol. The monoisotopic (exact) mass is 1720 g/mol. The van der Waals surface area contributed by atoms with E-state index in [1.807, 2.05) is 0 Å². The number of hydrogen-bond acceptors (Lipinski definition) is 0. The fourth-order valence-corrected chi connectivity index (χ4v) is 15.7. The SMILES string of the molecule is CC(C)c1c(Cc2c(C(C)C)[c](=[W])[c](=[W])[c](=[W])[c]2=[W])[c](=[W])[c](=[W])[c](=[W])[c]1=[W]. The molecule has 0 atom stereocenters. The standard InChI is InChI=1S/C19H16.8W/c1-14(2)18-11-7-5-9-16(18)13-17-10-6-8-12-19(17)15(3)4;;;;;;;;/h14-15H,13H2,1-4H3;;;;;;;;. The van der Waals surface area contributed by atoms with Crippen molar-refractivity contribution in [2.24, 2.45) is 0 Å². The zero-order valence-electron chi connectivity index (χ0n) is 15.1. The molecule has 8 heteroatoms. The van der Waals surface area contributed by atoms with Crippen LogP contribution in [-0.2, 0) is 161 Å². The molecule has 0 nitrogen and oxygen atoms in total. The van der Waals surface area contributed by atoms with E-state index in [4.69, 9.17) is 0 Å². The van der Waals surface area contributed by atoms with Crippen LogP contribution in [0.4, 0.5) is 0 Å². The van der Waals surface area contributed by atoms with Crippen molar-refractivity contribution in [2.45, 2.75) is 46.0 Å². The van der Waals surface area contributed by atoms with E-state index in [1.165, 1.54) is 6.42 Å². The quantitative estimate of drug-likeness (QED) is 0.437. The van der Waals surface area contributed by atoms with Gasteiger partial charge in [-0.2, -0.15) is 0 Å². The van der Waals surface area contributed by atoms with Gasteiger partial charge in [-0.1, -0.05) is 0 Å². The van der Waals surface area contributed by atoms with E-state index in [0.29, 0.717) is 11.8 Å². The summed E-state index contributed by atoms with van der Waals surface area (Å²) < 4.78 is 13.4. The first-order chi connectivity index (χ1) is 12.4. The van der Waals surface area contributed by atoms with Gasteiger partial charge in [0.05, 0.1) is 0 Å². The first kappa shape index (κ1) is 27.2. The second-order valence-corrected chi connectivity index (χ2v) is 18.6. The predicted molar refractivity (Wildman–Crippen MR) is 74.6 cm³/mol. The summed E-state index contributed by atoms with van der Waals surface area (Å²) in [5, 5.41) is 0. The summed E-state index contributed by atoms with van der Waals surface area (Å²) in [4.78, 5) is 0. The molecule has 0 saturated heterocycles. The molecular weight excluding hydrogens is 1700 g/mol. The molecule has 2 rings (SSSR count). The van der Waals surface area contributed by atoms with Gasteiger partial charge in [0.2, 0.25) is 0 Å². The Morgan fingerprint density at radius 1 is 0.444 bits per heavy atom. The van der Waals surface area contributed by atoms with Crippen molar-refractivity contribution in [1.29, 1.82) is 0 Å². The fourth-order valence-electron chi connectivity index (χ4n) is 3.20. The Morgan fingerprint density at radius 2 is 0.704 bits per heavy atom. The van der Waals surface area contributed by atoms with Crippen LogP contribution in [0.15, 0.2) is 0 Å². The Hall–Kier alpha value is 3.95. The Morgan fingerprint density at radius 3 is 0.963 bits per heavy atom. The molecule has 0 aliphatic heterocycles. The summed E-state index contributed by atoms with van der Waals surface area (Å²) in [5.41, 5.74) is 6.78. The van der Waals surface area contributed by atoms with Gasteiger partial charge in [-0.25, -0.2) is 0 Å². The van der Waals surface area contributed by atoms with Gasteiger partial charge in [-0.05, 0) is 0 Å². The van der Waals surface area contributed by atoms with E-state index < -0.39 is 0 Å². The molecule has 0 aromatic heterocycles. The van der Waals surface area contributed by atoms with Crippen molar-refractivity contribution in [3.8, 4) is 0 Å². The molecule has 0 radical (unpaired) electrons. The van der Waals surface area contributed by atoms with E-state index in [1.54, 1.807) is 205 Å². The van der Waals surface area contributed by atoms with Crippen molar-refractivity contribution in [2.75, 3.05) is 0 Å². The zero-order valence-corrected chi connectivity index (χ0v) is 38.6. The van der Waals surface area contributed by atoms with Gasteiger partial charge in [0.15, 0.2) is 0 Å². The van der Waals surface area contributed by atoms with Crippen LogP contribution in [0.2, 0.25) is 0 Å². The van der Waals surface area contributed by atoms with Gasteiger partial charge in [0, 0.05) is 0 Å². The van der Waals surface area contributed by atoms with E-state index in [2.05, 4.69) is 27.7 Å². The van der Waals surface area contributed by atoms with E-state index >= 15 is 0 Å². The Bertz CT molecular complexity index is 1240. The third kappa shape index (κ3) is 5.72. The summed E-state index contributed by atoms with van der Waals surface area (Å²) in [6.07, 6.45) is 1.17. The van der Waals surface area contributed by atoms with Crippen LogP contribution >= 0.6 is 0 Å². The number of benzene rings is 2. The topological polar surface area (TPSA) is 0 Å². The van der Waals surface area contributed by atoms with Crippen molar-refractivity contribution in [3.05, 3.63) is 50.6 Å². The number of rotatable bonds is 4. The normalized spacial score (nSPS) is 11.5. The third-order valence-corrected chi connectivity index (χ3v) is 28.7. The molecule has 0 aliphatic carbocycles. The molecule has 0 unspecified atom stereocenters. The Labute approximate surface area is 246 Å². The van der Waals surface area contributed by atoms with Gasteiger partial charge in [-0.3, -0.25) is 0 Å². The molecule has 2 aromatic carbocycles. The van der Waals surface area contributed by atoms with E-state index in [9.17, 15) is 0 Å². The minimum atomic E-state index is 0.628. The molecule has 0 bridgehead atoms. The molecule has 0 aliphatic rings. The zero-order chi connectivity index (χ0) is 20.8. The van der Waals surface area contributed by atoms with E-state index in [0.717, 1.165) is 0 Å². The first-order valence-corrected chi connectivity index (χ1v) is 20.0. The molecule has 0 N–H and O–H groups in total. The van der Waals surface area contributed by atoms with Gasteiger partial charge in [0.25, 0.3) is 0 Å². The van der Waals surface area contributed by atoms with Crippen LogP contribution in [0.3, 0.4) is 0 Å². The Balaban J connectivity index is 3.05. The van der Waals surface area contributed by atoms with Crippen molar-refractivity contribution < 1.29 is 155 Å². The summed E-state index contributed by atoms with van der Waals surface area (Å²) in [6, 6.07) is 0. The molecule has 0 heterocycles. The number of hydrogen-bond donors (Lipinski definition) is 0. The van der Waals surface area contributed by atoms with Crippen LogP contribution in [-0.4, -0.2) is 0 Å². The van der Waals surface area contributed by atoms with Gasteiger partial charge in [-0.15, -0.1) is 0 Å². The second kappa shape index (κ2) is 11.4. The molecule has 0 fully saturated rings. The predicted octanol–water partition coefficient (Wildman–Crippen LogP) is 3.91. The molecule has 2 aromatic rings. The van der Waals surface area contributed by atoms with Crippen LogP contribution in [0.1, 0.15) is 61.8 Å². The van der Waals surface area contributed by atoms with E-state index in [-0.39, 0.29) is 0 Å². The Kier molecular flexibility index (Phi) is 11.5. The summed E-state index contributed by atoms with van der Waals surface area (Å²) >= 11 is 13.3. The van der Waals surface area contributed by atoms with Crippen LogP contribution in [0.25, 0.3) is 0 Å². The van der Waals surface area contributed by atoms with Crippen molar-refractivity contribution >= 4 is 0 Å². The van der Waals surface area contributed by atoms with Crippen molar-refractivity contribution in [3.63, 3.8) is 0 Å². The summed E-state index contributed by atoms with van der Waals surface area (Å²) in [7, 11) is 0. The molecular formula is C19H16W8. The maximum absolute atomic E-state index is 2.40. The van der Waals surface area contributed by atoms with Crippen LogP contribution < -0.4 is 0 Å². The maximum atomic E-state index is 2.40. The summed E-state index contributed by atoms with van der Waals surface area (Å²) in [5.74, 6) is 1.26. The molecule has 140 valence electrons. The molecule has 0 saturated carbocycles. The molecule has 0 spiro atoms.